The highest BCUT2D eigenvalue weighted by Gasteiger charge is 2.31. The highest BCUT2D eigenvalue weighted by Crippen LogP contribution is 2.30. The minimum atomic E-state index is -4.50. The number of halogens is 4. The predicted octanol–water partition coefficient (Wildman–Crippen LogP) is 5.68. The number of amides is 1. The largest absolute Gasteiger partial charge is 0.416 e. The maximum absolute atomic E-state index is 13.7. The van der Waals surface area contributed by atoms with Crippen molar-refractivity contribution in [2.45, 2.75) is 25.2 Å². The van der Waals surface area contributed by atoms with Gasteiger partial charge in [0, 0.05) is 18.5 Å². The monoisotopic (exact) mass is 456 g/mol. The summed E-state index contributed by atoms with van der Waals surface area (Å²) in [5, 5.41) is 4.11. The van der Waals surface area contributed by atoms with Gasteiger partial charge in [-0.3, -0.25) is 4.79 Å². The van der Waals surface area contributed by atoms with Crippen molar-refractivity contribution in [2.24, 2.45) is 5.16 Å². The minimum absolute atomic E-state index is 0.0748. The Morgan fingerprint density at radius 1 is 1.00 bits per heavy atom. The number of hydrogen-bond donors (Lipinski definition) is 0. The van der Waals surface area contributed by atoms with Crippen LogP contribution in [0.1, 0.15) is 33.5 Å². The SMILES string of the molecule is O=C(c1cccc(F)c1)N(Cc1cccc(C(F)(F)F)c1)C[C@@H]1CC(c2ccccc2)=NO1. The summed E-state index contributed by atoms with van der Waals surface area (Å²) in [5.74, 6) is -1.09. The smallest absolute Gasteiger partial charge is 0.390 e. The van der Waals surface area contributed by atoms with Gasteiger partial charge in [0.2, 0.25) is 0 Å². The van der Waals surface area contributed by atoms with Gasteiger partial charge in [-0.2, -0.15) is 13.2 Å². The number of benzene rings is 3. The molecule has 3 aromatic rings. The lowest BCUT2D eigenvalue weighted by molar-refractivity contribution is -0.137. The number of rotatable bonds is 6. The molecular formula is C25H20F4N2O2. The maximum Gasteiger partial charge on any atom is 0.416 e. The molecule has 1 aliphatic rings. The van der Waals surface area contributed by atoms with Crippen LogP contribution in [0.5, 0.6) is 0 Å². The number of hydrogen-bond acceptors (Lipinski definition) is 3. The van der Waals surface area contributed by atoms with Gasteiger partial charge in [-0.25, -0.2) is 4.39 Å². The molecule has 33 heavy (non-hydrogen) atoms. The summed E-state index contributed by atoms with van der Waals surface area (Å²) in [4.78, 5) is 20.0. The molecule has 0 radical (unpaired) electrons. The molecule has 0 saturated heterocycles. The van der Waals surface area contributed by atoms with E-state index in [2.05, 4.69) is 5.16 Å². The zero-order chi connectivity index (χ0) is 23.4. The van der Waals surface area contributed by atoms with Crippen LogP contribution in [0.4, 0.5) is 17.6 Å². The molecule has 4 rings (SSSR count). The van der Waals surface area contributed by atoms with E-state index in [1.807, 2.05) is 30.3 Å². The summed E-state index contributed by atoms with van der Waals surface area (Å²) < 4.78 is 53.2. The third kappa shape index (κ3) is 5.58. The van der Waals surface area contributed by atoms with Gasteiger partial charge in [-0.15, -0.1) is 0 Å². The summed E-state index contributed by atoms with van der Waals surface area (Å²) >= 11 is 0. The molecule has 0 saturated carbocycles. The van der Waals surface area contributed by atoms with E-state index in [9.17, 15) is 22.4 Å². The average molecular weight is 456 g/mol. The second-order valence-electron chi connectivity index (χ2n) is 7.73. The number of oxime groups is 1. The summed E-state index contributed by atoms with van der Waals surface area (Å²) in [6.45, 7) is -0.0226. The van der Waals surface area contributed by atoms with Crippen molar-refractivity contribution in [3.63, 3.8) is 0 Å². The van der Waals surface area contributed by atoms with Gasteiger partial charge in [0.05, 0.1) is 17.8 Å². The number of alkyl halides is 3. The molecule has 0 spiro atoms. The van der Waals surface area contributed by atoms with Crippen LogP contribution < -0.4 is 0 Å². The van der Waals surface area contributed by atoms with Crippen LogP contribution in [0.3, 0.4) is 0 Å². The van der Waals surface area contributed by atoms with E-state index in [0.717, 1.165) is 29.5 Å². The topological polar surface area (TPSA) is 41.9 Å². The molecule has 1 heterocycles. The van der Waals surface area contributed by atoms with Crippen LogP contribution in [0.2, 0.25) is 0 Å². The molecule has 4 nitrogen and oxygen atoms in total. The summed E-state index contributed by atoms with van der Waals surface area (Å²) in [6, 6.07) is 19.4. The third-order valence-corrected chi connectivity index (χ3v) is 5.25. The molecule has 0 unspecified atom stereocenters. The second-order valence-corrected chi connectivity index (χ2v) is 7.73. The van der Waals surface area contributed by atoms with E-state index in [1.54, 1.807) is 0 Å². The van der Waals surface area contributed by atoms with E-state index in [-0.39, 0.29) is 18.7 Å². The Labute approximate surface area is 188 Å². The molecule has 1 amide bonds. The summed E-state index contributed by atoms with van der Waals surface area (Å²) in [5.41, 5.74) is 1.21. The van der Waals surface area contributed by atoms with Gasteiger partial charge in [0.25, 0.3) is 5.91 Å². The molecule has 3 aromatic carbocycles. The Bertz CT molecular complexity index is 1160. The van der Waals surface area contributed by atoms with Crippen LogP contribution in [-0.4, -0.2) is 29.2 Å². The first-order chi connectivity index (χ1) is 15.8. The number of nitrogens with zero attached hydrogens (tertiary/aromatic N) is 2. The minimum Gasteiger partial charge on any atom is -0.390 e. The molecule has 170 valence electrons. The molecule has 0 fully saturated rings. The number of carbonyl (C=O) groups excluding carboxylic acids is 1. The highest BCUT2D eigenvalue weighted by atomic mass is 19.4. The fourth-order valence-electron chi connectivity index (χ4n) is 3.66. The van der Waals surface area contributed by atoms with E-state index in [0.29, 0.717) is 12.0 Å². The van der Waals surface area contributed by atoms with Crippen LogP contribution in [0, 0.1) is 5.82 Å². The van der Waals surface area contributed by atoms with Crippen LogP contribution in [0.25, 0.3) is 0 Å². The molecule has 8 heteroatoms. The first-order valence-electron chi connectivity index (χ1n) is 10.3. The number of carbonyl (C=O) groups is 1. The van der Waals surface area contributed by atoms with Crippen molar-refractivity contribution >= 4 is 11.6 Å². The third-order valence-electron chi connectivity index (χ3n) is 5.25. The van der Waals surface area contributed by atoms with Crippen molar-refractivity contribution in [2.75, 3.05) is 6.54 Å². The average Bonchev–Trinajstić information content (AvgIpc) is 3.27. The van der Waals surface area contributed by atoms with E-state index in [1.165, 1.54) is 35.2 Å². The van der Waals surface area contributed by atoms with E-state index >= 15 is 0 Å². The molecule has 0 aromatic heterocycles. The van der Waals surface area contributed by atoms with Crippen LogP contribution in [0.15, 0.2) is 84.0 Å². The lowest BCUT2D eigenvalue weighted by atomic mass is 10.0. The standard InChI is InChI=1S/C25H20F4N2O2/c26-21-11-5-9-19(13-21)24(32)31(15-17-6-4-10-20(12-17)25(27,28)29)16-22-14-23(30-33-22)18-7-2-1-3-8-18/h1-13,22H,14-16H2/t22-/m0/s1. The van der Waals surface area contributed by atoms with Gasteiger partial charge in [0.15, 0.2) is 6.10 Å². The summed E-state index contributed by atoms with van der Waals surface area (Å²) in [7, 11) is 0. The molecular weight excluding hydrogens is 436 g/mol. The zero-order valence-electron chi connectivity index (χ0n) is 17.4. The lowest BCUT2D eigenvalue weighted by Gasteiger charge is -2.25. The first-order valence-corrected chi connectivity index (χ1v) is 10.3. The Morgan fingerprint density at radius 3 is 2.48 bits per heavy atom. The van der Waals surface area contributed by atoms with Crippen LogP contribution in [-0.2, 0) is 17.6 Å². The van der Waals surface area contributed by atoms with E-state index in [4.69, 9.17) is 4.84 Å². The Hall–Kier alpha value is -3.68. The van der Waals surface area contributed by atoms with Crippen molar-refractivity contribution in [3.8, 4) is 0 Å². The zero-order valence-corrected chi connectivity index (χ0v) is 17.4. The first kappa shape index (κ1) is 22.5. The van der Waals surface area contributed by atoms with Gasteiger partial charge < -0.3 is 9.74 Å². The quantitative estimate of drug-likeness (QED) is 0.448. The Morgan fingerprint density at radius 2 is 1.76 bits per heavy atom. The Kier molecular flexibility index (Phi) is 6.44. The Balaban J connectivity index is 1.55. The van der Waals surface area contributed by atoms with Crippen molar-refractivity contribution in [1.82, 2.24) is 4.90 Å². The van der Waals surface area contributed by atoms with Crippen molar-refractivity contribution in [1.29, 1.82) is 0 Å². The van der Waals surface area contributed by atoms with Crippen LogP contribution >= 0.6 is 0 Å². The molecule has 0 aliphatic carbocycles. The highest BCUT2D eigenvalue weighted by molar-refractivity contribution is 6.01. The van der Waals surface area contributed by atoms with Crippen molar-refractivity contribution < 1.29 is 27.2 Å². The second kappa shape index (κ2) is 9.44. The van der Waals surface area contributed by atoms with Crippen molar-refractivity contribution in [3.05, 3.63) is 107 Å². The molecule has 0 bridgehead atoms. The van der Waals surface area contributed by atoms with E-state index < -0.39 is 29.6 Å². The summed E-state index contributed by atoms with van der Waals surface area (Å²) in [6.07, 6.45) is -4.55. The van der Waals surface area contributed by atoms with Gasteiger partial charge in [-0.1, -0.05) is 53.7 Å². The normalized spacial score (nSPS) is 15.6. The molecule has 1 atom stereocenters. The molecule has 1 aliphatic heterocycles. The van der Waals surface area contributed by atoms with Gasteiger partial charge >= 0.3 is 6.18 Å². The maximum atomic E-state index is 13.7. The fourth-order valence-corrected chi connectivity index (χ4v) is 3.66. The fraction of sp³-hybridized carbons (Fsp3) is 0.200. The predicted molar refractivity (Wildman–Crippen MR) is 115 cm³/mol. The lowest BCUT2D eigenvalue weighted by Crippen LogP contribution is -2.37. The molecule has 0 N–H and O–H groups in total. The van der Waals surface area contributed by atoms with Gasteiger partial charge in [-0.05, 0) is 41.5 Å². The van der Waals surface area contributed by atoms with Gasteiger partial charge in [0.1, 0.15) is 5.82 Å².